The third-order valence-electron chi connectivity index (χ3n) is 5.20. The molecule has 0 radical (unpaired) electrons. The number of rotatable bonds is 13. The predicted octanol–water partition coefficient (Wildman–Crippen LogP) is 4.44. The number of aliphatic hydroxyl groups excluding tert-OH is 1. The van der Waals surface area contributed by atoms with Gasteiger partial charge in [-0.2, -0.15) is 0 Å². The zero-order valence-corrected chi connectivity index (χ0v) is 19.4. The Bertz CT molecular complexity index is 1250. The van der Waals surface area contributed by atoms with Crippen molar-refractivity contribution >= 4 is 11.0 Å². The van der Waals surface area contributed by atoms with Crippen LogP contribution in [0.4, 0.5) is 0 Å². The van der Waals surface area contributed by atoms with Crippen molar-refractivity contribution in [3.63, 3.8) is 0 Å². The SMILES string of the molecule is O=c1c(OCc2ccccc2)c(-c2ccc(OCCOCCOCCO)cc2)oc2ccccc12. The highest BCUT2D eigenvalue weighted by Crippen LogP contribution is 2.32. The van der Waals surface area contributed by atoms with Gasteiger partial charge in [-0.3, -0.25) is 4.79 Å². The van der Waals surface area contributed by atoms with Gasteiger partial charge in [-0.05, 0) is 42.0 Å². The van der Waals surface area contributed by atoms with Gasteiger partial charge in [0.2, 0.25) is 11.2 Å². The number of aliphatic hydroxyl groups is 1. The summed E-state index contributed by atoms with van der Waals surface area (Å²) in [5, 5.41) is 9.13. The number of benzene rings is 3. The molecule has 4 rings (SSSR count). The van der Waals surface area contributed by atoms with Gasteiger partial charge >= 0.3 is 0 Å². The van der Waals surface area contributed by atoms with Gasteiger partial charge in [-0.15, -0.1) is 0 Å². The van der Waals surface area contributed by atoms with Gasteiger partial charge in [-0.1, -0.05) is 42.5 Å². The molecule has 0 unspecified atom stereocenters. The molecule has 0 spiro atoms. The average Bonchev–Trinajstić information content (AvgIpc) is 2.90. The summed E-state index contributed by atoms with van der Waals surface area (Å²) in [5.41, 5.74) is 1.95. The van der Waals surface area contributed by atoms with E-state index in [2.05, 4.69) is 0 Å². The smallest absolute Gasteiger partial charge is 0.235 e. The van der Waals surface area contributed by atoms with Crippen molar-refractivity contribution in [3.05, 3.63) is 94.6 Å². The van der Waals surface area contributed by atoms with Gasteiger partial charge in [0.25, 0.3) is 0 Å². The first-order valence-electron chi connectivity index (χ1n) is 11.5. The van der Waals surface area contributed by atoms with Crippen LogP contribution < -0.4 is 14.9 Å². The highest BCUT2D eigenvalue weighted by Gasteiger charge is 2.18. The van der Waals surface area contributed by atoms with Gasteiger partial charge in [0, 0.05) is 5.56 Å². The van der Waals surface area contributed by atoms with Crippen molar-refractivity contribution in [2.45, 2.75) is 6.61 Å². The van der Waals surface area contributed by atoms with Crippen LogP contribution in [0.25, 0.3) is 22.3 Å². The summed E-state index contributed by atoms with van der Waals surface area (Å²) in [7, 11) is 0. The molecule has 0 atom stereocenters. The lowest BCUT2D eigenvalue weighted by atomic mass is 10.1. The molecule has 0 amide bonds. The molecule has 35 heavy (non-hydrogen) atoms. The van der Waals surface area contributed by atoms with Crippen LogP contribution in [0.1, 0.15) is 5.56 Å². The summed E-state index contributed by atoms with van der Waals surface area (Å²) in [4.78, 5) is 13.3. The molecule has 1 heterocycles. The fourth-order valence-corrected chi connectivity index (χ4v) is 3.48. The number of fused-ring (bicyclic) bond motifs is 1. The minimum Gasteiger partial charge on any atom is -0.491 e. The maximum Gasteiger partial charge on any atom is 0.235 e. The molecule has 0 bridgehead atoms. The molecule has 1 aromatic heterocycles. The molecular formula is C28H28O7. The average molecular weight is 477 g/mol. The Labute approximate surface area is 203 Å². The fourth-order valence-electron chi connectivity index (χ4n) is 3.48. The lowest BCUT2D eigenvalue weighted by Crippen LogP contribution is -2.12. The molecule has 1 N–H and O–H groups in total. The van der Waals surface area contributed by atoms with E-state index < -0.39 is 0 Å². The Morgan fingerprint density at radius 3 is 2.17 bits per heavy atom. The molecule has 4 aromatic rings. The van der Waals surface area contributed by atoms with E-state index in [-0.39, 0.29) is 24.4 Å². The third-order valence-corrected chi connectivity index (χ3v) is 5.20. The first-order chi connectivity index (χ1) is 17.3. The van der Waals surface area contributed by atoms with E-state index in [1.165, 1.54) is 0 Å². The van der Waals surface area contributed by atoms with E-state index in [4.69, 9.17) is 28.5 Å². The predicted molar refractivity (Wildman–Crippen MR) is 133 cm³/mol. The number of hydrogen-bond donors (Lipinski definition) is 1. The Kier molecular flexibility index (Phi) is 8.89. The molecule has 0 aliphatic rings. The Balaban J connectivity index is 1.46. The van der Waals surface area contributed by atoms with Crippen molar-refractivity contribution in [2.24, 2.45) is 0 Å². The molecule has 0 aliphatic heterocycles. The highest BCUT2D eigenvalue weighted by atomic mass is 16.5. The van der Waals surface area contributed by atoms with E-state index in [0.29, 0.717) is 61.1 Å². The second-order valence-electron chi connectivity index (χ2n) is 7.68. The molecular weight excluding hydrogens is 448 g/mol. The molecule has 3 aromatic carbocycles. The topological polar surface area (TPSA) is 87.4 Å². The van der Waals surface area contributed by atoms with Gasteiger partial charge in [0.1, 0.15) is 24.5 Å². The first-order valence-corrected chi connectivity index (χ1v) is 11.5. The molecule has 7 nitrogen and oxygen atoms in total. The number of ether oxygens (including phenoxy) is 4. The van der Waals surface area contributed by atoms with Crippen molar-refractivity contribution < 1.29 is 28.5 Å². The fraction of sp³-hybridized carbons (Fsp3) is 0.250. The zero-order chi connectivity index (χ0) is 24.3. The molecule has 0 fully saturated rings. The van der Waals surface area contributed by atoms with Crippen LogP contribution in [0.3, 0.4) is 0 Å². The Hall–Kier alpha value is -3.65. The number of hydrogen-bond acceptors (Lipinski definition) is 7. The maximum absolute atomic E-state index is 13.3. The van der Waals surface area contributed by atoms with Crippen LogP contribution in [0, 0.1) is 0 Å². The second kappa shape index (κ2) is 12.7. The highest BCUT2D eigenvalue weighted by molar-refractivity contribution is 5.82. The van der Waals surface area contributed by atoms with Crippen LogP contribution in [-0.4, -0.2) is 44.7 Å². The monoisotopic (exact) mass is 476 g/mol. The first kappa shape index (κ1) is 24.5. The lowest BCUT2D eigenvalue weighted by molar-refractivity contribution is 0.0247. The summed E-state index contributed by atoms with van der Waals surface area (Å²) < 4.78 is 28.4. The van der Waals surface area contributed by atoms with Crippen LogP contribution in [0.5, 0.6) is 11.5 Å². The number of para-hydroxylation sites is 1. The van der Waals surface area contributed by atoms with Gasteiger partial charge in [-0.25, -0.2) is 0 Å². The Morgan fingerprint density at radius 1 is 0.714 bits per heavy atom. The molecule has 0 aliphatic carbocycles. The summed E-state index contributed by atoms with van der Waals surface area (Å²) in [6.45, 7) is 2.24. The third kappa shape index (κ3) is 6.70. The van der Waals surface area contributed by atoms with Crippen LogP contribution in [-0.2, 0) is 16.1 Å². The van der Waals surface area contributed by atoms with Crippen molar-refractivity contribution in [1.82, 2.24) is 0 Å². The molecule has 0 saturated heterocycles. The summed E-state index contributed by atoms with van der Waals surface area (Å²) in [5.74, 6) is 1.23. The van der Waals surface area contributed by atoms with E-state index in [0.717, 1.165) is 5.56 Å². The van der Waals surface area contributed by atoms with Crippen molar-refractivity contribution in [1.29, 1.82) is 0 Å². The standard InChI is InChI=1S/C28H28O7/c29-14-15-31-16-17-32-18-19-33-23-12-10-22(11-13-23)27-28(34-20-21-6-2-1-3-7-21)26(30)24-8-4-5-9-25(24)35-27/h1-13,29H,14-20H2. The minimum atomic E-state index is -0.210. The summed E-state index contributed by atoms with van der Waals surface area (Å²) in [6.07, 6.45) is 0. The zero-order valence-electron chi connectivity index (χ0n) is 19.4. The van der Waals surface area contributed by atoms with Gasteiger partial charge in [0.05, 0.1) is 38.4 Å². The lowest BCUT2D eigenvalue weighted by Gasteiger charge is -2.12. The maximum atomic E-state index is 13.3. The molecule has 0 saturated carbocycles. The van der Waals surface area contributed by atoms with Gasteiger partial charge in [0.15, 0.2) is 5.76 Å². The minimum absolute atomic E-state index is 0.00235. The molecule has 182 valence electrons. The second-order valence-corrected chi connectivity index (χ2v) is 7.68. The molecule has 7 heteroatoms. The van der Waals surface area contributed by atoms with Crippen molar-refractivity contribution in [3.8, 4) is 22.8 Å². The Morgan fingerprint density at radius 2 is 1.40 bits per heavy atom. The normalized spacial score (nSPS) is 11.0. The quantitative estimate of drug-likeness (QED) is 0.285. The van der Waals surface area contributed by atoms with Crippen LogP contribution >= 0.6 is 0 Å². The van der Waals surface area contributed by atoms with E-state index in [9.17, 15) is 4.79 Å². The van der Waals surface area contributed by atoms with E-state index >= 15 is 0 Å². The van der Waals surface area contributed by atoms with E-state index in [1.807, 2.05) is 60.7 Å². The summed E-state index contributed by atoms with van der Waals surface area (Å²) in [6, 6.07) is 24.1. The van der Waals surface area contributed by atoms with Crippen molar-refractivity contribution in [2.75, 3.05) is 39.6 Å². The van der Waals surface area contributed by atoms with Crippen LogP contribution in [0.15, 0.2) is 88.1 Å². The van der Waals surface area contributed by atoms with Gasteiger partial charge < -0.3 is 28.5 Å². The van der Waals surface area contributed by atoms with Crippen LogP contribution in [0.2, 0.25) is 0 Å². The largest absolute Gasteiger partial charge is 0.491 e. The summed E-state index contributed by atoms with van der Waals surface area (Å²) >= 11 is 0. The van der Waals surface area contributed by atoms with E-state index in [1.54, 1.807) is 18.2 Å².